The first kappa shape index (κ1) is 18.9. The largest absolute Gasteiger partial charge is 0.380 e. The van der Waals surface area contributed by atoms with Gasteiger partial charge in [0.15, 0.2) is 0 Å². The molecule has 0 unspecified atom stereocenters. The van der Waals surface area contributed by atoms with Crippen molar-refractivity contribution in [3.05, 3.63) is 31.3 Å². The molecule has 0 atom stereocenters. The van der Waals surface area contributed by atoms with Crippen LogP contribution >= 0.6 is 11.3 Å². The van der Waals surface area contributed by atoms with Crippen LogP contribution in [0.5, 0.6) is 0 Å². The number of fused-ring (bicyclic) bond motifs is 1. The summed E-state index contributed by atoms with van der Waals surface area (Å²) in [6, 6.07) is 0. The summed E-state index contributed by atoms with van der Waals surface area (Å²) < 4.78 is 8.36. The molecule has 0 radical (unpaired) electrons. The highest BCUT2D eigenvalue weighted by molar-refractivity contribution is 7.18. The molecule has 0 amide bonds. The first-order chi connectivity index (χ1) is 11.6. The Kier molecular flexibility index (Phi) is 6.73. The Bertz CT molecular complexity index is 806. The number of hydrogen-bond donors (Lipinski definition) is 2. The minimum Gasteiger partial charge on any atom is -0.380 e. The molecule has 2 heterocycles. The van der Waals surface area contributed by atoms with Crippen LogP contribution in [0.3, 0.4) is 0 Å². The SMILES string of the molecule is CCOCCn1c(=O)n(CC)c(=O)c2c(C)c(CNCCN)sc21. The molecule has 8 heteroatoms. The van der Waals surface area contributed by atoms with E-state index in [4.69, 9.17) is 10.5 Å². The zero-order chi connectivity index (χ0) is 17.7. The standard InChI is InChI=1S/C16H26N4O3S/c1-4-19-14(21)13-11(3)12(10-18-7-6-17)24-15(13)20(16(19)22)8-9-23-5-2/h18H,4-10,17H2,1-3H3. The van der Waals surface area contributed by atoms with E-state index < -0.39 is 0 Å². The van der Waals surface area contributed by atoms with Crippen LogP contribution in [0, 0.1) is 6.92 Å². The number of nitrogens with one attached hydrogen (secondary N) is 1. The third kappa shape index (κ3) is 3.61. The molecule has 0 bridgehead atoms. The molecule has 134 valence electrons. The fourth-order valence-corrected chi connectivity index (χ4v) is 3.97. The molecule has 0 spiro atoms. The second kappa shape index (κ2) is 8.57. The number of rotatable bonds is 9. The smallest absolute Gasteiger partial charge is 0.332 e. The lowest BCUT2D eigenvalue weighted by atomic mass is 10.2. The summed E-state index contributed by atoms with van der Waals surface area (Å²) in [5.74, 6) is 0. The molecule has 0 aliphatic heterocycles. The maximum absolute atomic E-state index is 12.7. The Labute approximate surface area is 145 Å². The quantitative estimate of drug-likeness (QED) is 0.645. The number of nitrogens with zero attached hydrogens (tertiary/aromatic N) is 2. The molecule has 0 aromatic carbocycles. The lowest BCUT2D eigenvalue weighted by Crippen LogP contribution is -2.39. The molecule has 0 aliphatic rings. The van der Waals surface area contributed by atoms with Gasteiger partial charge in [0.2, 0.25) is 0 Å². The molecule has 0 saturated heterocycles. The van der Waals surface area contributed by atoms with Crippen molar-refractivity contribution < 1.29 is 4.74 Å². The average molecular weight is 354 g/mol. The summed E-state index contributed by atoms with van der Waals surface area (Å²) in [5, 5.41) is 3.89. The molecule has 0 aliphatic carbocycles. The molecule has 2 rings (SSSR count). The normalized spacial score (nSPS) is 11.5. The lowest BCUT2D eigenvalue weighted by Gasteiger charge is -2.10. The van der Waals surface area contributed by atoms with Gasteiger partial charge in [0, 0.05) is 37.7 Å². The number of ether oxygens (including phenoxy) is 1. The van der Waals surface area contributed by atoms with Crippen LogP contribution in [0.1, 0.15) is 24.3 Å². The first-order valence-electron chi connectivity index (χ1n) is 8.30. The van der Waals surface area contributed by atoms with Crippen LogP contribution in [-0.2, 0) is 24.4 Å². The maximum Gasteiger partial charge on any atom is 0.332 e. The van der Waals surface area contributed by atoms with Crippen molar-refractivity contribution in [2.45, 2.75) is 40.4 Å². The molecule has 7 nitrogen and oxygen atoms in total. The Morgan fingerprint density at radius 1 is 1.25 bits per heavy atom. The van der Waals surface area contributed by atoms with Crippen molar-refractivity contribution in [2.75, 3.05) is 26.3 Å². The van der Waals surface area contributed by atoms with Crippen LogP contribution in [0.4, 0.5) is 0 Å². The maximum atomic E-state index is 12.7. The van der Waals surface area contributed by atoms with E-state index in [1.165, 1.54) is 15.9 Å². The summed E-state index contributed by atoms with van der Waals surface area (Å²) in [6.45, 7) is 9.45. The van der Waals surface area contributed by atoms with Crippen LogP contribution in [0.25, 0.3) is 10.2 Å². The number of aryl methyl sites for hydroxylation is 1. The molecule has 24 heavy (non-hydrogen) atoms. The van der Waals surface area contributed by atoms with Crippen molar-refractivity contribution in [1.82, 2.24) is 14.5 Å². The molecule has 0 fully saturated rings. The number of hydrogen-bond acceptors (Lipinski definition) is 6. The molecule has 2 aromatic heterocycles. The van der Waals surface area contributed by atoms with E-state index in [9.17, 15) is 9.59 Å². The Morgan fingerprint density at radius 3 is 2.62 bits per heavy atom. The van der Waals surface area contributed by atoms with Crippen LogP contribution < -0.4 is 22.3 Å². The van der Waals surface area contributed by atoms with E-state index >= 15 is 0 Å². The minimum atomic E-state index is -0.266. The molecule has 3 N–H and O–H groups in total. The number of thiophene rings is 1. The Hall–Kier alpha value is -1.48. The van der Waals surface area contributed by atoms with Gasteiger partial charge in [-0.3, -0.25) is 13.9 Å². The van der Waals surface area contributed by atoms with Gasteiger partial charge in [0.25, 0.3) is 5.56 Å². The van der Waals surface area contributed by atoms with E-state index in [0.29, 0.717) is 51.3 Å². The number of nitrogens with two attached hydrogens (primary N) is 1. The Balaban J connectivity index is 2.58. The molecule has 0 saturated carbocycles. The first-order valence-corrected chi connectivity index (χ1v) is 9.12. The van der Waals surface area contributed by atoms with Crippen molar-refractivity contribution >= 4 is 21.6 Å². The van der Waals surface area contributed by atoms with Gasteiger partial charge >= 0.3 is 5.69 Å². The summed E-state index contributed by atoms with van der Waals surface area (Å²) in [5.41, 5.74) is 5.98. The van der Waals surface area contributed by atoms with E-state index in [1.54, 1.807) is 4.57 Å². The van der Waals surface area contributed by atoms with Crippen LogP contribution in [0.2, 0.25) is 0 Å². The van der Waals surface area contributed by atoms with Gasteiger partial charge in [-0.15, -0.1) is 11.3 Å². The fraction of sp³-hybridized carbons (Fsp3) is 0.625. The third-order valence-electron chi connectivity index (χ3n) is 3.98. The monoisotopic (exact) mass is 354 g/mol. The average Bonchev–Trinajstić information content (AvgIpc) is 2.88. The van der Waals surface area contributed by atoms with Crippen LogP contribution in [-0.4, -0.2) is 35.4 Å². The molecular weight excluding hydrogens is 328 g/mol. The highest BCUT2D eigenvalue weighted by atomic mass is 32.1. The van der Waals surface area contributed by atoms with E-state index in [1.807, 2.05) is 20.8 Å². The second-order valence-electron chi connectivity index (χ2n) is 5.48. The fourth-order valence-electron chi connectivity index (χ4n) is 2.69. The van der Waals surface area contributed by atoms with Gasteiger partial charge in [-0.25, -0.2) is 4.79 Å². The van der Waals surface area contributed by atoms with Gasteiger partial charge in [-0.2, -0.15) is 0 Å². The topological polar surface area (TPSA) is 91.3 Å². The zero-order valence-corrected chi connectivity index (χ0v) is 15.4. The van der Waals surface area contributed by atoms with E-state index in [0.717, 1.165) is 15.3 Å². The highest BCUT2D eigenvalue weighted by Crippen LogP contribution is 2.27. The predicted molar refractivity (Wildman–Crippen MR) is 98.0 cm³/mol. The van der Waals surface area contributed by atoms with Crippen molar-refractivity contribution in [3.63, 3.8) is 0 Å². The highest BCUT2D eigenvalue weighted by Gasteiger charge is 2.19. The summed E-state index contributed by atoms with van der Waals surface area (Å²) in [7, 11) is 0. The van der Waals surface area contributed by atoms with Crippen molar-refractivity contribution in [2.24, 2.45) is 5.73 Å². The minimum absolute atomic E-state index is 0.205. The lowest BCUT2D eigenvalue weighted by molar-refractivity contribution is 0.138. The molecule has 2 aromatic rings. The van der Waals surface area contributed by atoms with E-state index in [-0.39, 0.29) is 11.2 Å². The van der Waals surface area contributed by atoms with Crippen molar-refractivity contribution in [3.8, 4) is 0 Å². The van der Waals surface area contributed by atoms with Gasteiger partial charge < -0.3 is 15.8 Å². The molecular formula is C16H26N4O3S. The predicted octanol–water partition coefficient (Wildman–Crippen LogP) is 0.638. The second-order valence-corrected chi connectivity index (χ2v) is 6.56. The third-order valence-corrected chi connectivity index (χ3v) is 5.29. The summed E-state index contributed by atoms with van der Waals surface area (Å²) in [4.78, 5) is 27.2. The van der Waals surface area contributed by atoms with Crippen LogP contribution in [0.15, 0.2) is 9.59 Å². The van der Waals surface area contributed by atoms with Gasteiger partial charge in [-0.1, -0.05) is 0 Å². The zero-order valence-electron chi connectivity index (χ0n) is 14.6. The van der Waals surface area contributed by atoms with Gasteiger partial charge in [0.05, 0.1) is 18.5 Å². The van der Waals surface area contributed by atoms with E-state index in [2.05, 4.69) is 5.32 Å². The van der Waals surface area contributed by atoms with Crippen molar-refractivity contribution in [1.29, 1.82) is 0 Å². The van der Waals surface area contributed by atoms with Gasteiger partial charge in [-0.05, 0) is 26.3 Å². The van der Waals surface area contributed by atoms with Gasteiger partial charge in [0.1, 0.15) is 4.83 Å². The number of aromatic nitrogens is 2. The summed E-state index contributed by atoms with van der Waals surface area (Å²) >= 11 is 1.50. The summed E-state index contributed by atoms with van der Waals surface area (Å²) in [6.07, 6.45) is 0. The Morgan fingerprint density at radius 2 is 2.00 bits per heavy atom.